The third kappa shape index (κ3) is 8.83. The highest BCUT2D eigenvalue weighted by Gasteiger charge is 2.31. The van der Waals surface area contributed by atoms with E-state index in [4.69, 9.17) is 15.1 Å². The van der Waals surface area contributed by atoms with Crippen LogP contribution in [0.3, 0.4) is 0 Å². The number of rotatable bonds is 10. The fourth-order valence-corrected chi connectivity index (χ4v) is 4.05. The third-order valence-corrected chi connectivity index (χ3v) is 6.17. The minimum atomic E-state index is -4.86. The molecule has 0 aliphatic carbocycles. The molecular formula is C32H24F3N3O6. The monoisotopic (exact) mass is 603 g/mol. The maximum absolute atomic E-state index is 13.5. The van der Waals surface area contributed by atoms with E-state index in [9.17, 15) is 27.6 Å². The Hall–Kier alpha value is -5.83. The van der Waals surface area contributed by atoms with Crippen molar-refractivity contribution in [3.63, 3.8) is 0 Å². The number of anilines is 1. The van der Waals surface area contributed by atoms with Gasteiger partial charge in [0.2, 0.25) is 0 Å². The molecule has 4 rings (SSSR count). The number of carbonyl (C=O) groups excluding carboxylic acids is 2. The Labute approximate surface area is 249 Å². The van der Waals surface area contributed by atoms with E-state index in [2.05, 4.69) is 16.1 Å². The average Bonchev–Trinajstić information content (AvgIpc) is 3.00. The van der Waals surface area contributed by atoms with Crippen LogP contribution in [0.1, 0.15) is 27.9 Å². The van der Waals surface area contributed by atoms with Crippen LogP contribution in [0.4, 0.5) is 23.7 Å². The average molecular weight is 604 g/mol. The molecule has 0 atom stereocenters. The molecule has 4 aromatic rings. The number of halogens is 3. The lowest BCUT2D eigenvalue weighted by Gasteiger charge is -2.23. The number of nitrogens with one attached hydrogen (secondary N) is 1. The summed E-state index contributed by atoms with van der Waals surface area (Å²) in [6.45, 7) is -0.243. The van der Waals surface area contributed by atoms with E-state index >= 15 is 0 Å². The number of hydrogen-bond donors (Lipinski definition) is 2. The zero-order valence-corrected chi connectivity index (χ0v) is 22.9. The van der Waals surface area contributed by atoms with Crippen molar-refractivity contribution in [3.05, 3.63) is 114 Å². The lowest BCUT2D eigenvalue weighted by molar-refractivity contribution is -0.274. The molecule has 0 aliphatic rings. The topological polar surface area (TPSA) is 129 Å². The van der Waals surface area contributed by atoms with Gasteiger partial charge in [0.15, 0.2) is 0 Å². The van der Waals surface area contributed by atoms with Crippen molar-refractivity contribution in [1.29, 1.82) is 5.26 Å². The highest BCUT2D eigenvalue weighted by molar-refractivity contribution is 5.97. The number of nitrogens with zero attached hydrogens (tertiary/aromatic N) is 2. The molecule has 2 N–H and O–H groups in total. The second kappa shape index (κ2) is 13.9. The standard InChI is InChI=1S/C32H24F3N3O6/c33-32(34,35)44-28-12-6-22(7-13-28)20-38(26-3-1-2-25(18-26)30(41)37-17-16-29(39)40)31(42)43-27-14-10-24(11-15-27)23-8-4-21(19-36)5-9-23/h1-15,18H,16-17,20H2,(H,37,41)(H,39,40). The number of ether oxygens (including phenoxy) is 2. The Morgan fingerprint density at radius 1 is 0.864 bits per heavy atom. The van der Waals surface area contributed by atoms with Crippen LogP contribution in [0.2, 0.25) is 0 Å². The summed E-state index contributed by atoms with van der Waals surface area (Å²) in [5.74, 6) is -1.87. The van der Waals surface area contributed by atoms with Gasteiger partial charge in [0, 0.05) is 17.8 Å². The molecule has 0 spiro atoms. The molecule has 0 radical (unpaired) electrons. The normalized spacial score (nSPS) is 10.8. The lowest BCUT2D eigenvalue weighted by Crippen LogP contribution is -2.33. The number of amides is 2. The van der Waals surface area contributed by atoms with Gasteiger partial charge in [-0.3, -0.25) is 14.5 Å². The summed E-state index contributed by atoms with van der Waals surface area (Å²) in [4.78, 5) is 38.0. The molecule has 4 aromatic carbocycles. The van der Waals surface area contributed by atoms with Gasteiger partial charge in [-0.15, -0.1) is 13.2 Å². The Kier molecular flexibility index (Phi) is 9.82. The number of nitriles is 1. The fourth-order valence-electron chi connectivity index (χ4n) is 4.05. The highest BCUT2D eigenvalue weighted by atomic mass is 19.4. The second-order valence-electron chi connectivity index (χ2n) is 9.31. The van der Waals surface area contributed by atoms with Gasteiger partial charge in [0.25, 0.3) is 5.91 Å². The molecule has 0 bridgehead atoms. The van der Waals surface area contributed by atoms with Crippen LogP contribution in [-0.4, -0.2) is 36.0 Å². The predicted octanol–water partition coefficient (Wildman–Crippen LogP) is 6.53. The highest BCUT2D eigenvalue weighted by Crippen LogP contribution is 2.27. The maximum Gasteiger partial charge on any atom is 0.573 e. The molecule has 2 amide bonds. The van der Waals surface area contributed by atoms with Gasteiger partial charge in [-0.2, -0.15) is 5.26 Å². The van der Waals surface area contributed by atoms with Crippen molar-refractivity contribution in [2.45, 2.75) is 19.3 Å². The van der Waals surface area contributed by atoms with Gasteiger partial charge >= 0.3 is 18.4 Å². The first-order valence-corrected chi connectivity index (χ1v) is 13.1. The molecule has 0 unspecified atom stereocenters. The van der Waals surface area contributed by atoms with Crippen LogP contribution in [0, 0.1) is 11.3 Å². The molecule has 0 aliphatic heterocycles. The first-order chi connectivity index (χ1) is 21.0. The number of carbonyl (C=O) groups is 3. The van der Waals surface area contributed by atoms with Crippen LogP contribution in [0.25, 0.3) is 11.1 Å². The molecule has 0 aromatic heterocycles. The van der Waals surface area contributed by atoms with Crippen LogP contribution in [0.15, 0.2) is 97.1 Å². The number of carboxylic acid groups (broad SMARTS) is 1. The van der Waals surface area contributed by atoms with Crippen molar-refractivity contribution in [3.8, 4) is 28.7 Å². The molecule has 224 valence electrons. The first-order valence-electron chi connectivity index (χ1n) is 13.1. The third-order valence-electron chi connectivity index (χ3n) is 6.17. The van der Waals surface area contributed by atoms with Crippen LogP contribution in [0.5, 0.6) is 11.5 Å². The molecule has 9 nitrogen and oxygen atoms in total. The first kappa shape index (κ1) is 31.1. The van der Waals surface area contributed by atoms with E-state index in [-0.39, 0.29) is 36.5 Å². The smallest absolute Gasteiger partial charge is 0.481 e. The van der Waals surface area contributed by atoms with Crippen molar-refractivity contribution >= 4 is 23.7 Å². The Balaban J connectivity index is 1.57. The van der Waals surface area contributed by atoms with Crippen LogP contribution < -0.4 is 19.7 Å². The summed E-state index contributed by atoms with van der Waals surface area (Å²) in [6.07, 6.45) is -5.98. The molecule has 0 saturated heterocycles. The summed E-state index contributed by atoms with van der Waals surface area (Å²) in [7, 11) is 0. The molecular weight excluding hydrogens is 579 g/mol. The van der Waals surface area contributed by atoms with E-state index in [1.807, 2.05) is 0 Å². The molecule has 0 heterocycles. The predicted molar refractivity (Wildman–Crippen MR) is 153 cm³/mol. The van der Waals surface area contributed by atoms with E-state index in [1.54, 1.807) is 54.6 Å². The Morgan fingerprint density at radius 3 is 2.07 bits per heavy atom. The SMILES string of the molecule is N#Cc1ccc(-c2ccc(OC(=O)N(Cc3ccc(OC(F)(F)F)cc3)c3cccc(C(=O)NCCC(=O)O)c3)cc2)cc1. The van der Waals surface area contributed by atoms with Gasteiger partial charge < -0.3 is 19.9 Å². The van der Waals surface area contributed by atoms with Crippen molar-refractivity contribution in [2.75, 3.05) is 11.4 Å². The van der Waals surface area contributed by atoms with Crippen molar-refractivity contribution in [1.82, 2.24) is 5.32 Å². The zero-order valence-electron chi connectivity index (χ0n) is 22.9. The van der Waals surface area contributed by atoms with Gasteiger partial charge in [0.05, 0.1) is 24.6 Å². The lowest BCUT2D eigenvalue weighted by atomic mass is 10.0. The van der Waals surface area contributed by atoms with Crippen molar-refractivity contribution in [2.24, 2.45) is 0 Å². The minimum absolute atomic E-state index is 0.102. The molecule has 44 heavy (non-hydrogen) atoms. The van der Waals surface area contributed by atoms with Crippen LogP contribution >= 0.6 is 0 Å². The summed E-state index contributed by atoms with van der Waals surface area (Å²) < 4.78 is 47.3. The van der Waals surface area contributed by atoms with Gasteiger partial charge in [-0.05, 0) is 71.3 Å². The fraction of sp³-hybridized carbons (Fsp3) is 0.125. The van der Waals surface area contributed by atoms with Gasteiger partial charge in [-0.25, -0.2) is 4.79 Å². The van der Waals surface area contributed by atoms with Gasteiger partial charge in [-0.1, -0.05) is 42.5 Å². The minimum Gasteiger partial charge on any atom is -0.481 e. The summed E-state index contributed by atoms with van der Waals surface area (Å²) in [5, 5.41) is 20.3. The summed E-state index contributed by atoms with van der Waals surface area (Å²) in [6, 6.07) is 26.5. The van der Waals surface area contributed by atoms with E-state index < -0.39 is 30.1 Å². The summed E-state index contributed by atoms with van der Waals surface area (Å²) >= 11 is 0. The second-order valence-corrected chi connectivity index (χ2v) is 9.31. The van der Waals surface area contributed by atoms with Crippen molar-refractivity contribution < 1.29 is 42.1 Å². The number of hydrogen-bond acceptors (Lipinski definition) is 6. The Morgan fingerprint density at radius 2 is 1.48 bits per heavy atom. The maximum atomic E-state index is 13.5. The quantitative estimate of drug-likeness (QED) is 0.211. The molecule has 0 fully saturated rings. The number of alkyl halides is 3. The molecule has 0 saturated carbocycles. The van der Waals surface area contributed by atoms with Gasteiger partial charge in [0.1, 0.15) is 11.5 Å². The van der Waals surface area contributed by atoms with E-state index in [0.29, 0.717) is 11.1 Å². The number of carboxylic acids is 1. The number of aliphatic carboxylic acids is 1. The van der Waals surface area contributed by atoms with Crippen LogP contribution in [-0.2, 0) is 11.3 Å². The number of benzene rings is 4. The molecule has 12 heteroatoms. The van der Waals surface area contributed by atoms with E-state index in [0.717, 1.165) is 23.3 Å². The van der Waals surface area contributed by atoms with E-state index in [1.165, 1.54) is 35.2 Å². The zero-order chi connectivity index (χ0) is 31.7. The Bertz CT molecular complexity index is 1670. The summed E-state index contributed by atoms with van der Waals surface area (Å²) in [5.41, 5.74) is 3.00. The largest absolute Gasteiger partial charge is 0.573 e.